The van der Waals surface area contributed by atoms with E-state index < -0.39 is 0 Å². The highest BCUT2D eigenvalue weighted by Gasteiger charge is 2.34. The fourth-order valence-corrected chi connectivity index (χ4v) is 4.97. The van der Waals surface area contributed by atoms with Crippen LogP contribution in [-0.2, 0) is 0 Å². The lowest BCUT2D eigenvalue weighted by Crippen LogP contribution is -2.34. The molecule has 1 aromatic heterocycles. The molecule has 0 amide bonds. The van der Waals surface area contributed by atoms with E-state index in [0.29, 0.717) is 22.8 Å². The number of benzene rings is 3. The van der Waals surface area contributed by atoms with Gasteiger partial charge < -0.3 is 14.7 Å². The number of hydrogen-bond donors (Lipinski definition) is 1. The second-order valence-corrected chi connectivity index (χ2v) is 8.61. The largest absolute Gasteiger partial charge is 0.369 e. The molecule has 6 rings (SSSR count). The third-order valence-corrected chi connectivity index (χ3v) is 6.43. The molecule has 5 heteroatoms. The fourth-order valence-electron chi connectivity index (χ4n) is 4.97. The predicted molar refractivity (Wildman–Crippen MR) is 123 cm³/mol. The summed E-state index contributed by atoms with van der Waals surface area (Å²) in [5.74, 6) is 1.31. The van der Waals surface area contributed by atoms with Crippen molar-refractivity contribution in [2.45, 2.75) is 19.8 Å². The number of hydrogen-bond acceptors (Lipinski definition) is 5. The molecule has 1 aliphatic heterocycles. The number of aromatic nitrogens is 1. The lowest BCUT2D eigenvalue weighted by Gasteiger charge is -2.33. The summed E-state index contributed by atoms with van der Waals surface area (Å²) in [7, 11) is 0. The number of fused-ring (bicyclic) bond motifs is 2. The maximum Gasteiger partial charge on any atom is 0.196 e. The first-order chi connectivity index (χ1) is 15.2. The zero-order valence-electron chi connectivity index (χ0n) is 17.4. The number of piperidine rings is 1. The molecule has 2 aliphatic rings. The van der Waals surface area contributed by atoms with Crippen LogP contribution in [0.15, 0.2) is 65.2 Å². The van der Waals surface area contributed by atoms with Crippen molar-refractivity contribution < 1.29 is 9.32 Å². The normalized spacial score (nSPS) is 17.6. The van der Waals surface area contributed by atoms with Crippen LogP contribution in [0.4, 0.5) is 17.1 Å². The lowest BCUT2D eigenvalue weighted by atomic mass is 9.86. The first-order valence-corrected chi connectivity index (χ1v) is 10.9. The van der Waals surface area contributed by atoms with Crippen LogP contribution in [0, 0.1) is 5.92 Å². The average Bonchev–Trinajstić information content (AvgIpc) is 3.24. The second-order valence-electron chi connectivity index (χ2n) is 8.61. The van der Waals surface area contributed by atoms with Crippen LogP contribution < -0.4 is 10.2 Å². The van der Waals surface area contributed by atoms with Gasteiger partial charge in [0, 0.05) is 29.9 Å². The molecule has 31 heavy (non-hydrogen) atoms. The predicted octanol–water partition coefficient (Wildman–Crippen LogP) is 6.02. The number of carbonyl (C=O) groups is 1. The molecule has 3 aromatic carbocycles. The smallest absolute Gasteiger partial charge is 0.196 e. The number of carbonyl (C=O) groups excluding carboxylic acids is 1. The van der Waals surface area contributed by atoms with E-state index in [1.807, 2.05) is 54.6 Å². The Morgan fingerprint density at radius 3 is 2.65 bits per heavy atom. The van der Waals surface area contributed by atoms with Crippen molar-refractivity contribution in [3.63, 3.8) is 0 Å². The van der Waals surface area contributed by atoms with E-state index in [4.69, 9.17) is 4.52 Å². The quantitative estimate of drug-likeness (QED) is 0.395. The molecule has 5 nitrogen and oxygen atoms in total. The summed E-state index contributed by atoms with van der Waals surface area (Å²) in [6.07, 6.45) is 2.39. The third-order valence-electron chi connectivity index (χ3n) is 6.43. The molecular weight excluding hydrogens is 386 g/mol. The molecular formula is C26H23N3O2. The number of anilines is 3. The third kappa shape index (κ3) is 2.84. The van der Waals surface area contributed by atoms with Gasteiger partial charge >= 0.3 is 0 Å². The number of ketones is 1. The molecule has 0 bridgehead atoms. The highest BCUT2D eigenvalue weighted by Crippen LogP contribution is 2.46. The summed E-state index contributed by atoms with van der Waals surface area (Å²) in [6, 6.07) is 19.7. The van der Waals surface area contributed by atoms with E-state index in [0.717, 1.165) is 53.0 Å². The van der Waals surface area contributed by atoms with E-state index >= 15 is 0 Å². The van der Waals surface area contributed by atoms with Crippen molar-refractivity contribution in [2.75, 3.05) is 23.3 Å². The van der Waals surface area contributed by atoms with Crippen LogP contribution in [0.5, 0.6) is 0 Å². The molecule has 0 spiro atoms. The summed E-state index contributed by atoms with van der Waals surface area (Å²) in [5.41, 5.74) is 5.67. The molecule has 4 aromatic rings. The van der Waals surface area contributed by atoms with Crippen LogP contribution in [0.3, 0.4) is 0 Å². The highest BCUT2D eigenvalue weighted by molar-refractivity contribution is 6.28. The Balaban J connectivity index is 1.62. The first kappa shape index (κ1) is 18.2. The topological polar surface area (TPSA) is 58.4 Å². The van der Waals surface area contributed by atoms with Crippen molar-refractivity contribution in [3.8, 4) is 11.3 Å². The van der Waals surface area contributed by atoms with Crippen molar-refractivity contribution >= 4 is 33.7 Å². The molecule has 1 N–H and O–H groups in total. The van der Waals surface area contributed by atoms with Gasteiger partial charge in [0.25, 0.3) is 0 Å². The molecule has 2 heterocycles. The fraction of sp³-hybridized carbons (Fsp3) is 0.231. The Bertz CT molecular complexity index is 1310. The Labute approximate surface area is 180 Å². The number of para-hydroxylation sites is 1. The molecule has 0 unspecified atom stereocenters. The van der Waals surface area contributed by atoms with E-state index in [2.05, 4.69) is 28.4 Å². The van der Waals surface area contributed by atoms with Crippen LogP contribution in [0.1, 0.15) is 35.7 Å². The SMILES string of the molecule is C[C@H]1CCCN(c2cc(Nc3ccccc3)c3c4c(onc24)-c2ccccc2C3=O)C1. The van der Waals surface area contributed by atoms with Gasteiger partial charge in [0.2, 0.25) is 0 Å². The summed E-state index contributed by atoms with van der Waals surface area (Å²) in [4.78, 5) is 16.0. The minimum atomic E-state index is 0.00768. The molecule has 1 aliphatic carbocycles. The summed E-state index contributed by atoms with van der Waals surface area (Å²) in [6.45, 7) is 4.25. The Hall–Kier alpha value is -3.60. The minimum absolute atomic E-state index is 0.00768. The van der Waals surface area contributed by atoms with E-state index in [9.17, 15) is 4.79 Å². The van der Waals surface area contributed by atoms with Gasteiger partial charge in [-0.15, -0.1) is 0 Å². The minimum Gasteiger partial charge on any atom is -0.369 e. The van der Waals surface area contributed by atoms with Crippen LogP contribution in [-0.4, -0.2) is 24.0 Å². The summed E-state index contributed by atoms with van der Waals surface area (Å²) >= 11 is 0. The van der Waals surface area contributed by atoms with Crippen molar-refractivity contribution in [3.05, 3.63) is 71.8 Å². The van der Waals surface area contributed by atoms with Gasteiger partial charge in [0.05, 0.1) is 22.3 Å². The molecule has 1 fully saturated rings. The molecule has 1 atom stereocenters. The van der Waals surface area contributed by atoms with Gasteiger partial charge in [-0.2, -0.15) is 0 Å². The average molecular weight is 409 g/mol. The highest BCUT2D eigenvalue weighted by atomic mass is 16.5. The number of nitrogens with one attached hydrogen (secondary N) is 1. The van der Waals surface area contributed by atoms with Gasteiger partial charge in [-0.3, -0.25) is 4.79 Å². The first-order valence-electron chi connectivity index (χ1n) is 10.9. The van der Waals surface area contributed by atoms with Crippen LogP contribution >= 0.6 is 0 Å². The van der Waals surface area contributed by atoms with Gasteiger partial charge in [-0.05, 0) is 37.0 Å². The van der Waals surface area contributed by atoms with Crippen molar-refractivity contribution in [1.29, 1.82) is 0 Å². The van der Waals surface area contributed by atoms with Gasteiger partial charge in [-0.1, -0.05) is 54.5 Å². The zero-order chi connectivity index (χ0) is 20.9. The Kier molecular flexibility index (Phi) is 4.10. The molecule has 0 saturated carbocycles. The Morgan fingerprint density at radius 2 is 1.84 bits per heavy atom. The molecule has 0 radical (unpaired) electrons. The van der Waals surface area contributed by atoms with Crippen LogP contribution in [0.25, 0.3) is 22.2 Å². The standard InChI is InChI=1S/C26H23N3O2/c1-16-8-7-13-29(15-16)21-14-20(27-17-9-3-2-4-10-17)22-23-24(21)28-31-26(23)19-12-6-5-11-18(19)25(22)30/h2-6,9-12,14,16,27H,7-8,13,15H2,1H3/t16-/m0/s1. The maximum atomic E-state index is 13.6. The Morgan fingerprint density at radius 1 is 1.06 bits per heavy atom. The maximum absolute atomic E-state index is 13.6. The van der Waals surface area contributed by atoms with E-state index in [1.54, 1.807) is 0 Å². The summed E-state index contributed by atoms with van der Waals surface area (Å²) < 4.78 is 5.88. The van der Waals surface area contributed by atoms with Crippen molar-refractivity contribution in [2.24, 2.45) is 5.92 Å². The van der Waals surface area contributed by atoms with Gasteiger partial charge in [0.15, 0.2) is 11.5 Å². The molecule has 154 valence electrons. The van der Waals surface area contributed by atoms with Gasteiger partial charge in [0.1, 0.15) is 5.52 Å². The molecule has 1 saturated heterocycles. The second kappa shape index (κ2) is 6.98. The van der Waals surface area contributed by atoms with Gasteiger partial charge in [-0.25, -0.2) is 0 Å². The summed E-state index contributed by atoms with van der Waals surface area (Å²) in [5, 5.41) is 8.79. The monoisotopic (exact) mass is 409 g/mol. The zero-order valence-corrected chi connectivity index (χ0v) is 17.4. The van der Waals surface area contributed by atoms with E-state index in [1.165, 1.54) is 6.42 Å². The van der Waals surface area contributed by atoms with Crippen molar-refractivity contribution in [1.82, 2.24) is 5.16 Å². The number of nitrogens with zero attached hydrogens (tertiary/aromatic N) is 2. The van der Waals surface area contributed by atoms with Crippen LogP contribution in [0.2, 0.25) is 0 Å². The number of rotatable bonds is 3. The lowest BCUT2D eigenvalue weighted by molar-refractivity contribution is 0.104. The van der Waals surface area contributed by atoms with E-state index in [-0.39, 0.29) is 5.78 Å².